The standard InChI is InChI=1S/C19H19ClN2O2/c20-17-8-4-7-16(11-17)19-21-18(14-24-19)13-22(9-10-23)12-15-5-2-1-3-6-15/h1-8,11,14,23H,9-10,12-13H2. The number of aliphatic hydroxyl groups is 1. The fraction of sp³-hybridized carbons (Fsp3) is 0.211. The Morgan fingerprint density at radius 2 is 1.88 bits per heavy atom. The van der Waals surface area contributed by atoms with E-state index in [4.69, 9.17) is 16.0 Å². The monoisotopic (exact) mass is 342 g/mol. The fourth-order valence-electron chi connectivity index (χ4n) is 2.56. The Morgan fingerprint density at radius 3 is 2.62 bits per heavy atom. The average molecular weight is 343 g/mol. The van der Waals surface area contributed by atoms with Gasteiger partial charge in [0.1, 0.15) is 6.26 Å². The highest BCUT2D eigenvalue weighted by Crippen LogP contribution is 2.22. The molecule has 0 atom stereocenters. The molecule has 124 valence electrons. The first-order chi connectivity index (χ1) is 11.7. The van der Waals surface area contributed by atoms with Crippen LogP contribution in [0.1, 0.15) is 11.3 Å². The molecule has 0 spiro atoms. The van der Waals surface area contributed by atoms with Gasteiger partial charge in [0.25, 0.3) is 0 Å². The quantitative estimate of drug-likeness (QED) is 0.705. The molecule has 0 fully saturated rings. The van der Waals surface area contributed by atoms with Crippen molar-refractivity contribution in [2.75, 3.05) is 13.2 Å². The van der Waals surface area contributed by atoms with Gasteiger partial charge in [0.2, 0.25) is 5.89 Å². The second kappa shape index (κ2) is 8.11. The molecule has 0 saturated heterocycles. The number of rotatable bonds is 7. The van der Waals surface area contributed by atoms with Crippen molar-refractivity contribution in [2.45, 2.75) is 13.1 Å². The van der Waals surface area contributed by atoms with Crippen LogP contribution in [0.5, 0.6) is 0 Å². The smallest absolute Gasteiger partial charge is 0.226 e. The van der Waals surface area contributed by atoms with E-state index in [-0.39, 0.29) is 6.61 Å². The van der Waals surface area contributed by atoms with Crippen LogP contribution in [-0.4, -0.2) is 28.1 Å². The van der Waals surface area contributed by atoms with E-state index in [0.29, 0.717) is 24.0 Å². The molecule has 24 heavy (non-hydrogen) atoms. The molecule has 2 aromatic carbocycles. The van der Waals surface area contributed by atoms with Crippen molar-refractivity contribution < 1.29 is 9.52 Å². The Bertz CT molecular complexity index is 774. The van der Waals surface area contributed by atoms with E-state index in [2.05, 4.69) is 22.0 Å². The molecular formula is C19H19ClN2O2. The molecule has 0 radical (unpaired) electrons. The van der Waals surface area contributed by atoms with Gasteiger partial charge in [-0.15, -0.1) is 0 Å². The van der Waals surface area contributed by atoms with Gasteiger partial charge < -0.3 is 9.52 Å². The van der Waals surface area contributed by atoms with Crippen molar-refractivity contribution in [1.82, 2.24) is 9.88 Å². The SMILES string of the molecule is OCCN(Cc1ccccc1)Cc1coc(-c2cccc(Cl)c2)n1. The van der Waals surface area contributed by atoms with E-state index < -0.39 is 0 Å². The highest BCUT2D eigenvalue weighted by Gasteiger charge is 2.12. The van der Waals surface area contributed by atoms with Crippen LogP contribution in [0, 0.1) is 0 Å². The van der Waals surface area contributed by atoms with Crippen LogP contribution in [0.25, 0.3) is 11.5 Å². The number of oxazole rings is 1. The molecule has 0 saturated carbocycles. The number of hydrogen-bond donors (Lipinski definition) is 1. The molecule has 1 aromatic heterocycles. The van der Waals surface area contributed by atoms with Crippen molar-refractivity contribution >= 4 is 11.6 Å². The van der Waals surface area contributed by atoms with E-state index in [1.54, 1.807) is 6.26 Å². The first-order valence-corrected chi connectivity index (χ1v) is 8.20. The second-order valence-corrected chi connectivity index (χ2v) is 6.01. The van der Waals surface area contributed by atoms with Gasteiger partial charge in [-0.05, 0) is 23.8 Å². The summed E-state index contributed by atoms with van der Waals surface area (Å²) in [6.45, 7) is 2.04. The molecule has 0 unspecified atom stereocenters. The first-order valence-electron chi connectivity index (χ1n) is 7.82. The molecule has 0 bridgehead atoms. The van der Waals surface area contributed by atoms with Crippen molar-refractivity contribution in [3.8, 4) is 11.5 Å². The normalized spacial score (nSPS) is 11.1. The number of nitrogens with zero attached hydrogens (tertiary/aromatic N) is 2. The molecule has 0 aliphatic rings. The van der Waals surface area contributed by atoms with Crippen LogP contribution in [0.3, 0.4) is 0 Å². The van der Waals surface area contributed by atoms with Crippen LogP contribution in [-0.2, 0) is 13.1 Å². The summed E-state index contributed by atoms with van der Waals surface area (Å²) >= 11 is 6.01. The van der Waals surface area contributed by atoms with E-state index in [1.807, 2.05) is 42.5 Å². The summed E-state index contributed by atoms with van der Waals surface area (Å²) in [7, 11) is 0. The summed E-state index contributed by atoms with van der Waals surface area (Å²) in [6.07, 6.45) is 1.66. The lowest BCUT2D eigenvalue weighted by atomic mass is 10.2. The van der Waals surface area contributed by atoms with Gasteiger partial charge >= 0.3 is 0 Å². The van der Waals surface area contributed by atoms with Gasteiger partial charge in [0.15, 0.2) is 0 Å². The Labute approximate surface area is 146 Å². The van der Waals surface area contributed by atoms with Crippen LogP contribution in [0.15, 0.2) is 65.3 Å². The third-order valence-electron chi connectivity index (χ3n) is 3.67. The molecule has 0 aliphatic carbocycles. The lowest BCUT2D eigenvalue weighted by Gasteiger charge is -2.20. The molecule has 1 heterocycles. The second-order valence-electron chi connectivity index (χ2n) is 5.57. The minimum absolute atomic E-state index is 0.103. The zero-order valence-electron chi connectivity index (χ0n) is 13.2. The lowest BCUT2D eigenvalue weighted by molar-refractivity contribution is 0.183. The van der Waals surface area contributed by atoms with Gasteiger partial charge in [0.05, 0.1) is 12.3 Å². The molecule has 3 rings (SSSR count). The van der Waals surface area contributed by atoms with Gasteiger partial charge in [-0.1, -0.05) is 48.0 Å². The molecule has 1 N–H and O–H groups in total. The zero-order valence-corrected chi connectivity index (χ0v) is 14.0. The maximum absolute atomic E-state index is 9.31. The minimum Gasteiger partial charge on any atom is -0.444 e. The molecule has 5 heteroatoms. The Balaban J connectivity index is 1.71. The Kier molecular flexibility index (Phi) is 5.64. The number of hydrogen-bond acceptors (Lipinski definition) is 4. The summed E-state index contributed by atoms with van der Waals surface area (Å²) in [5.41, 5.74) is 2.88. The molecule has 3 aromatic rings. The maximum Gasteiger partial charge on any atom is 0.226 e. The van der Waals surface area contributed by atoms with Gasteiger partial charge in [-0.3, -0.25) is 4.90 Å². The predicted octanol–water partition coefficient (Wildman–Crippen LogP) is 3.99. The summed E-state index contributed by atoms with van der Waals surface area (Å²) in [5, 5.41) is 9.96. The Morgan fingerprint density at radius 1 is 1.04 bits per heavy atom. The summed E-state index contributed by atoms with van der Waals surface area (Å²) in [5.74, 6) is 0.552. The van der Waals surface area contributed by atoms with Crippen molar-refractivity contribution in [2.24, 2.45) is 0 Å². The van der Waals surface area contributed by atoms with E-state index in [9.17, 15) is 5.11 Å². The van der Waals surface area contributed by atoms with Gasteiger partial charge in [-0.25, -0.2) is 4.98 Å². The number of benzene rings is 2. The largest absolute Gasteiger partial charge is 0.444 e. The highest BCUT2D eigenvalue weighted by atomic mass is 35.5. The molecule has 0 amide bonds. The van der Waals surface area contributed by atoms with Crippen LogP contribution >= 0.6 is 11.6 Å². The minimum atomic E-state index is 0.103. The highest BCUT2D eigenvalue weighted by molar-refractivity contribution is 6.30. The van der Waals surface area contributed by atoms with Crippen LogP contribution in [0.4, 0.5) is 0 Å². The molecular weight excluding hydrogens is 324 g/mol. The van der Waals surface area contributed by atoms with Crippen molar-refractivity contribution in [1.29, 1.82) is 0 Å². The summed E-state index contributed by atoms with van der Waals surface area (Å²) in [4.78, 5) is 6.67. The van der Waals surface area contributed by atoms with Gasteiger partial charge in [0, 0.05) is 30.2 Å². The van der Waals surface area contributed by atoms with E-state index >= 15 is 0 Å². The van der Waals surface area contributed by atoms with Crippen molar-refractivity contribution in [3.63, 3.8) is 0 Å². The van der Waals surface area contributed by atoms with Crippen molar-refractivity contribution in [3.05, 3.63) is 77.1 Å². The van der Waals surface area contributed by atoms with E-state index in [0.717, 1.165) is 17.8 Å². The lowest BCUT2D eigenvalue weighted by Crippen LogP contribution is -2.26. The average Bonchev–Trinajstić information content (AvgIpc) is 3.04. The van der Waals surface area contributed by atoms with Crippen LogP contribution in [0.2, 0.25) is 5.02 Å². The molecule has 0 aliphatic heterocycles. The number of aliphatic hydroxyl groups excluding tert-OH is 1. The topological polar surface area (TPSA) is 49.5 Å². The maximum atomic E-state index is 9.31. The predicted molar refractivity (Wildman–Crippen MR) is 94.6 cm³/mol. The molecule has 4 nitrogen and oxygen atoms in total. The number of halogens is 1. The third-order valence-corrected chi connectivity index (χ3v) is 3.91. The summed E-state index contributed by atoms with van der Waals surface area (Å²) < 4.78 is 5.58. The summed E-state index contributed by atoms with van der Waals surface area (Å²) in [6, 6.07) is 17.6. The van der Waals surface area contributed by atoms with Gasteiger partial charge in [-0.2, -0.15) is 0 Å². The van der Waals surface area contributed by atoms with Crippen LogP contribution < -0.4 is 0 Å². The fourth-order valence-corrected chi connectivity index (χ4v) is 2.75. The third kappa shape index (κ3) is 4.45. The Hall–Kier alpha value is -2.14. The number of aromatic nitrogens is 1. The van der Waals surface area contributed by atoms with E-state index in [1.165, 1.54) is 5.56 Å². The zero-order chi connectivity index (χ0) is 16.8. The first kappa shape index (κ1) is 16.7.